The maximum Gasteiger partial charge on any atom is 0.133 e. The molecule has 1 atom stereocenters. The Hall–Kier alpha value is -0.700. The molecular weight excluding hydrogens is 168 g/mol. The maximum absolute atomic E-state index is 11.1. The molecule has 0 bridgehead atoms. The van der Waals surface area contributed by atoms with Gasteiger partial charge in [-0.15, -0.1) is 0 Å². The minimum atomic E-state index is -0.374. The Morgan fingerprint density at radius 3 is 2.31 bits per heavy atom. The van der Waals surface area contributed by atoms with Gasteiger partial charge in [0.2, 0.25) is 0 Å². The van der Waals surface area contributed by atoms with Crippen molar-refractivity contribution in [2.45, 2.75) is 52.1 Å². The molecule has 0 aliphatic heterocycles. The van der Waals surface area contributed by atoms with E-state index < -0.39 is 0 Å². The molecule has 0 saturated heterocycles. The molecule has 0 fully saturated rings. The Morgan fingerprint density at radius 1 is 1.23 bits per heavy atom. The average molecular weight is 186 g/mol. The van der Waals surface area contributed by atoms with Crippen LogP contribution in [0, 0.1) is 0 Å². The molecule has 76 valence electrons. The zero-order valence-corrected chi connectivity index (χ0v) is 8.38. The van der Waals surface area contributed by atoms with Crippen LogP contribution < -0.4 is 0 Å². The lowest BCUT2D eigenvalue weighted by molar-refractivity contribution is -0.123. The van der Waals surface area contributed by atoms with Crippen LogP contribution in [0.4, 0.5) is 0 Å². The number of carbonyl (C=O) groups is 2. The Labute approximate surface area is 79.1 Å². The first-order valence-electron chi connectivity index (χ1n) is 4.75. The highest BCUT2D eigenvalue weighted by Crippen LogP contribution is 2.04. The van der Waals surface area contributed by atoms with Gasteiger partial charge in [0.05, 0.1) is 6.10 Å². The van der Waals surface area contributed by atoms with Crippen LogP contribution in [0.15, 0.2) is 0 Å². The first-order chi connectivity index (χ1) is 6.06. The molecule has 0 amide bonds. The summed E-state index contributed by atoms with van der Waals surface area (Å²) in [4.78, 5) is 21.6. The SMILES string of the molecule is CCC(O)CCC(=O)CCC(C)=O. The number of carbonyl (C=O) groups excluding carboxylic acids is 2. The van der Waals surface area contributed by atoms with Gasteiger partial charge in [-0.25, -0.2) is 0 Å². The lowest BCUT2D eigenvalue weighted by atomic mass is 10.1. The van der Waals surface area contributed by atoms with E-state index in [0.717, 1.165) is 0 Å². The second kappa shape index (κ2) is 6.78. The van der Waals surface area contributed by atoms with Crippen molar-refractivity contribution in [2.75, 3.05) is 0 Å². The fraction of sp³-hybridized carbons (Fsp3) is 0.800. The van der Waals surface area contributed by atoms with E-state index in [9.17, 15) is 9.59 Å². The van der Waals surface area contributed by atoms with Crippen LogP contribution in [0.1, 0.15) is 46.0 Å². The van der Waals surface area contributed by atoms with Crippen LogP contribution in [0.25, 0.3) is 0 Å². The number of rotatable bonds is 7. The van der Waals surface area contributed by atoms with E-state index in [0.29, 0.717) is 32.1 Å². The molecule has 1 N–H and O–H groups in total. The van der Waals surface area contributed by atoms with Crippen LogP contribution in [0.5, 0.6) is 0 Å². The van der Waals surface area contributed by atoms with Crippen molar-refractivity contribution in [1.29, 1.82) is 0 Å². The predicted molar refractivity (Wildman–Crippen MR) is 50.5 cm³/mol. The summed E-state index contributed by atoms with van der Waals surface area (Å²) in [5.41, 5.74) is 0. The van der Waals surface area contributed by atoms with Crippen molar-refractivity contribution in [1.82, 2.24) is 0 Å². The molecule has 0 aromatic carbocycles. The molecule has 0 heterocycles. The largest absolute Gasteiger partial charge is 0.393 e. The Morgan fingerprint density at radius 2 is 1.85 bits per heavy atom. The zero-order valence-electron chi connectivity index (χ0n) is 8.38. The van der Waals surface area contributed by atoms with E-state index in [4.69, 9.17) is 5.11 Å². The first kappa shape index (κ1) is 12.3. The lowest BCUT2D eigenvalue weighted by Crippen LogP contribution is -2.09. The van der Waals surface area contributed by atoms with E-state index in [1.165, 1.54) is 6.92 Å². The molecule has 0 rings (SSSR count). The highest BCUT2D eigenvalue weighted by molar-refractivity contribution is 5.84. The number of hydrogen-bond acceptors (Lipinski definition) is 3. The van der Waals surface area contributed by atoms with Crippen LogP contribution in [-0.2, 0) is 9.59 Å². The van der Waals surface area contributed by atoms with Crippen LogP contribution >= 0.6 is 0 Å². The fourth-order valence-electron chi connectivity index (χ4n) is 0.972. The standard InChI is InChI=1S/C10H18O3/c1-3-9(12)6-7-10(13)5-4-8(2)11/h9,12H,3-7H2,1-2H3. The third-order valence-corrected chi connectivity index (χ3v) is 1.98. The summed E-state index contributed by atoms with van der Waals surface area (Å²) in [5.74, 6) is 0.118. The molecule has 3 heteroatoms. The van der Waals surface area contributed by atoms with Gasteiger partial charge in [0.25, 0.3) is 0 Å². The molecule has 0 aromatic heterocycles. The first-order valence-corrected chi connectivity index (χ1v) is 4.75. The predicted octanol–water partition coefficient (Wildman–Crippen LogP) is 1.48. The monoisotopic (exact) mass is 186 g/mol. The Bertz CT molecular complexity index is 175. The Kier molecular flexibility index (Phi) is 6.41. The molecule has 0 spiro atoms. The minimum absolute atomic E-state index is 0.0457. The van der Waals surface area contributed by atoms with Crippen molar-refractivity contribution in [3.05, 3.63) is 0 Å². The fourth-order valence-corrected chi connectivity index (χ4v) is 0.972. The molecule has 0 aromatic rings. The van der Waals surface area contributed by atoms with Crippen LogP contribution in [-0.4, -0.2) is 22.8 Å². The molecule has 0 aliphatic rings. The summed E-state index contributed by atoms with van der Waals surface area (Å²) in [6.07, 6.45) is 1.88. The number of ketones is 2. The normalized spacial score (nSPS) is 12.5. The quantitative estimate of drug-likeness (QED) is 0.655. The number of Topliss-reactive ketones (excluding diaryl/α,β-unsaturated/α-hetero) is 2. The van der Waals surface area contributed by atoms with E-state index in [-0.39, 0.29) is 17.7 Å². The van der Waals surface area contributed by atoms with Gasteiger partial charge in [-0.05, 0) is 19.8 Å². The molecule has 13 heavy (non-hydrogen) atoms. The summed E-state index contributed by atoms with van der Waals surface area (Å²) in [5, 5.41) is 9.17. The van der Waals surface area contributed by atoms with Gasteiger partial charge in [0.15, 0.2) is 0 Å². The van der Waals surface area contributed by atoms with E-state index in [1.807, 2.05) is 6.92 Å². The number of hydrogen-bond donors (Lipinski definition) is 1. The van der Waals surface area contributed by atoms with Gasteiger partial charge in [-0.1, -0.05) is 6.92 Å². The van der Waals surface area contributed by atoms with Crippen molar-refractivity contribution < 1.29 is 14.7 Å². The van der Waals surface area contributed by atoms with Gasteiger partial charge in [-0.3, -0.25) is 4.79 Å². The molecule has 0 radical (unpaired) electrons. The van der Waals surface area contributed by atoms with Crippen LogP contribution in [0.2, 0.25) is 0 Å². The molecule has 3 nitrogen and oxygen atoms in total. The van der Waals surface area contributed by atoms with Gasteiger partial charge >= 0.3 is 0 Å². The van der Waals surface area contributed by atoms with Crippen molar-refractivity contribution in [3.8, 4) is 0 Å². The van der Waals surface area contributed by atoms with E-state index in [2.05, 4.69) is 0 Å². The zero-order chi connectivity index (χ0) is 10.3. The van der Waals surface area contributed by atoms with Gasteiger partial charge in [-0.2, -0.15) is 0 Å². The summed E-state index contributed by atoms with van der Waals surface area (Å²) in [6, 6.07) is 0. The van der Waals surface area contributed by atoms with E-state index >= 15 is 0 Å². The van der Waals surface area contributed by atoms with Crippen molar-refractivity contribution >= 4 is 11.6 Å². The van der Waals surface area contributed by atoms with Gasteiger partial charge in [0.1, 0.15) is 11.6 Å². The summed E-state index contributed by atoms with van der Waals surface area (Å²) >= 11 is 0. The molecule has 1 unspecified atom stereocenters. The van der Waals surface area contributed by atoms with Crippen LogP contribution in [0.3, 0.4) is 0 Å². The summed E-state index contributed by atoms with van der Waals surface area (Å²) < 4.78 is 0. The highest BCUT2D eigenvalue weighted by Gasteiger charge is 2.07. The number of aliphatic hydroxyl groups excluding tert-OH is 1. The topological polar surface area (TPSA) is 54.4 Å². The van der Waals surface area contributed by atoms with Crippen molar-refractivity contribution in [2.24, 2.45) is 0 Å². The molecule has 0 saturated carbocycles. The van der Waals surface area contributed by atoms with Crippen molar-refractivity contribution in [3.63, 3.8) is 0 Å². The number of aliphatic hydroxyl groups is 1. The van der Waals surface area contributed by atoms with Gasteiger partial charge in [0, 0.05) is 19.3 Å². The highest BCUT2D eigenvalue weighted by atomic mass is 16.3. The average Bonchev–Trinajstić information content (AvgIpc) is 2.10. The lowest BCUT2D eigenvalue weighted by Gasteiger charge is -2.05. The summed E-state index contributed by atoms with van der Waals surface area (Å²) in [6.45, 7) is 3.36. The molecular formula is C10H18O3. The molecule has 0 aliphatic carbocycles. The minimum Gasteiger partial charge on any atom is -0.393 e. The second-order valence-electron chi connectivity index (χ2n) is 3.34. The van der Waals surface area contributed by atoms with Gasteiger partial charge < -0.3 is 9.90 Å². The third-order valence-electron chi connectivity index (χ3n) is 1.98. The van der Waals surface area contributed by atoms with E-state index in [1.54, 1.807) is 0 Å². The maximum atomic E-state index is 11.1. The second-order valence-corrected chi connectivity index (χ2v) is 3.34. The summed E-state index contributed by atoms with van der Waals surface area (Å²) in [7, 11) is 0. The Balaban J connectivity index is 3.46. The third kappa shape index (κ3) is 7.65. The smallest absolute Gasteiger partial charge is 0.133 e.